The molecule has 62 valence electrons. The highest BCUT2D eigenvalue weighted by atomic mass is 79.9. The number of hydrogen-bond acceptors (Lipinski definition) is 1. The minimum atomic E-state index is 0.924. The number of aryl methyl sites for hydroxylation is 1. The molecule has 0 aliphatic rings. The summed E-state index contributed by atoms with van der Waals surface area (Å²) in [5.41, 5.74) is 2.18. The fourth-order valence-corrected chi connectivity index (χ4v) is 2.43. The van der Waals surface area contributed by atoms with E-state index < -0.39 is 0 Å². The van der Waals surface area contributed by atoms with Gasteiger partial charge in [0, 0.05) is 9.86 Å². The van der Waals surface area contributed by atoms with Gasteiger partial charge in [-0.15, -0.1) is 0 Å². The molecule has 1 aromatic heterocycles. The van der Waals surface area contributed by atoms with Crippen molar-refractivity contribution in [2.45, 2.75) is 6.92 Å². The molecule has 0 bridgehead atoms. The first kappa shape index (κ1) is 8.26. The molecule has 0 aliphatic heterocycles. The van der Waals surface area contributed by atoms with Gasteiger partial charge in [0.2, 0.25) is 0 Å². The Morgan fingerprint density at radius 3 is 2.83 bits per heavy atom. The molecular formula is C8H6Br2N2. The molecule has 2 rings (SSSR count). The van der Waals surface area contributed by atoms with Crippen LogP contribution in [0.15, 0.2) is 21.2 Å². The van der Waals surface area contributed by atoms with Crippen molar-refractivity contribution in [2.75, 3.05) is 0 Å². The maximum absolute atomic E-state index is 4.12. The average Bonchev–Trinajstić information content (AvgIpc) is 2.41. The lowest BCUT2D eigenvalue weighted by Crippen LogP contribution is -1.76. The number of rotatable bonds is 0. The van der Waals surface area contributed by atoms with Crippen molar-refractivity contribution >= 4 is 42.8 Å². The molecule has 0 fully saturated rings. The number of aromatic amines is 1. The Bertz CT molecular complexity index is 434. The zero-order chi connectivity index (χ0) is 8.72. The van der Waals surface area contributed by atoms with E-state index in [4.69, 9.17) is 0 Å². The fourth-order valence-electron chi connectivity index (χ4n) is 1.14. The molecule has 0 unspecified atom stereocenters. The Labute approximate surface area is 86.6 Å². The van der Waals surface area contributed by atoms with Gasteiger partial charge < -0.3 is 0 Å². The van der Waals surface area contributed by atoms with E-state index >= 15 is 0 Å². The third-order valence-corrected chi connectivity index (χ3v) is 3.40. The summed E-state index contributed by atoms with van der Waals surface area (Å²) in [6.45, 7) is 2.06. The molecule has 0 atom stereocenters. The smallest absolute Gasteiger partial charge is 0.109 e. The van der Waals surface area contributed by atoms with Crippen LogP contribution in [0, 0.1) is 6.92 Å². The molecule has 1 N–H and O–H groups in total. The Morgan fingerprint density at radius 1 is 1.33 bits per heavy atom. The maximum Gasteiger partial charge on any atom is 0.109 e. The lowest BCUT2D eigenvalue weighted by atomic mass is 10.2. The Morgan fingerprint density at radius 2 is 2.08 bits per heavy atom. The van der Waals surface area contributed by atoms with E-state index in [-0.39, 0.29) is 0 Å². The van der Waals surface area contributed by atoms with Gasteiger partial charge in [0.15, 0.2) is 0 Å². The number of nitrogens with zero attached hydrogens (tertiary/aromatic N) is 1. The summed E-state index contributed by atoms with van der Waals surface area (Å²) < 4.78 is 2.02. The summed E-state index contributed by atoms with van der Waals surface area (Å²) in [6.07, 6.45) is 0. The molecule has 0 aliphatic carbocycles. The number of fused-ring (bicyclic) bond motifs is 1. The lowest BCUT2D eigenvalue weighted by Gasteiger charge is -1.97. The van der Waals surface area contributed by atoms with E-state index in [0.29, 0.717) is 0 Å². The highest BCUT2D eigenvalue weighted by molar-refractivity contribution is 9.11. The van der Waals surface area contributed by atoms with Crippen molar-refractivity contribution < 1.29 is 0 Å². The Kier molecular flexibility index (Phi) is 1.96. The van der Waals surface area contributed by atoms with Crippen LogP contribution in [0.3, 0.4) is 0 Å². The van der Waals surface area contributed by atoms with Crippen LogP contribution in [0.4, 0.5) is 0 Å². The van der Waals surface area contributed by atoms with E-state index in [1.165, 1.54) is 5.56 Å². The van der Waals surface area contributed by atoms with Gasteiger partial charge in [-0.25, -0.2) is 0 Å². The maximum atomic E-state index is 4.12. The molecule has 1 aromatic carbocycles. The van der Waals surface area contributed by atoms with Gasteiger partial charge >= 0.3 is 0 Å². The van der Waals surface area contributed by atoms with E-state index in [1.54, 1.807) is 0 Å². The normalized spacial score (nSPS) is 10.9. The number of nitrogens with one attached hydrogen (secondary N) is 1. The zero-order valence-electron chi connectivity index (χ0n) is 6.36. The molecule has 2 aromatic rings. The summed E-state index contributed by atoms with van der Waals surface area (Å²) >= 11 is 6.92. The standard InChI is InChI=1S/C8H6Br2N2/c1-4-2-3-5-6(7(4)9)8(10)12-11-5/h2-3H,1H3,(H,11,12). The van der Waals surface area contributed by atoms with E-state index in [0.717, 1.165) is 20.0 Å². The van der Waals surface area contributed by atoms with Crippen LogP contribution >= 0.6 is 31.9 Å². The van der Waals surface area contributed by atoms with Gasteiger partial charge in [0.25, 0.3) is 0 Å². The van der Waals surface area contributed by atoms with Crippen molar-refractivity contribution in [3.05, 3.63) is 26.8 Å². The van der Waals surface area contributed by atoms with Gasteiger partial charge in [0.1, 0.15) is 4.60 Å². The molecule has 12 heavy (non-hydrogen) atoms. The number of H-pyrrole nitrogens is 1. The average molecular weight is 290 g/mol. The Hall–Kier alpha value is -0.350. The molecule has 1 heterocycles. The van der Waals surface area contributed by atoms with Crippen molar-refractivity contribution in [3.8, 4) is 0 Å². The molecule has 0 amide bonds. The highest BCUT2D eigenvalue weighted by Crippen LogP contribution is 2.31. The Balaban J connectivity index is 2.96. The van der Waals surface area contributed by atoms with Crippen molar-refractivity contribution in [1.29, 1.82) is 0 Å². The molecule has 0 radical (unpaired) electrons. The second-order valence-corrected chi connectivity index (χ2v) is 4.21. The van der Waals surface area contributed by atoms with Crippen LogP contribution in [-0.2, 0) is 0 Å². The molecule has 0 spiro atoms. The van der Waals surface area contributed by atoms with Gasteiger partial charge in [-0.3, -0.25) is 5.10 Å². The fraction of sp³-hybridized carbons (Fsp3) is 0.125. The summed E-state index contributed by atoms with van der Waals surface area (Å²) in [4.78, 5) is 0. The number of aromatic nitrogens is 2. The summed E-state index contributed by atoms with van der Waals surface area (Å²) in [6, 6.07) is 4.04. The second kappa shape index (κ2) is 2.85. The summed E-state index contributed by atoms with van der Waals surface area (Å²) in [5, 5.41) is 8.11. The van der Waals surface area contributed by atoms with E-state index in [1.807, 2.05) is 12.1 Å². The molecular weight excluding hydrogens is 284 g/mol. The van der Waals surface area contributed by atoms with Crippen molar-refractivity contribution in [2.24, 2.45) is 0 Å². The number of hydrogen-bond donors (Lipinski definition) is 1. The second-order valence-electron chi connectivity index (χ2n) is 2.63. The first-order chi connectivity index (χ1) is 5.70. The van der Waals surface area contributed by atoms with Gasteiger partial charge in [0.05, 0.1) is 5.52 Å². The van der Waals surface area contributed by atoms with Crippen LogP contribution in [0.25, 0.3) is 10.9 Å². The topological polar surface area (TPSA) is 28.7 Å². The lowest BCUT2D eigenvalue weighted by molar-refractivity contribution is 1.10. The minimum Gasteiger partial charge on any atom is -0.270 e. The molecule has 2 nitrogen and oxygen atoms in total. The van der Waals surface area contributed by atoms with Crippen LogP contribution in [0.2, 0.25) is 0 Å². The first-order valence-corrected chi connectivity index (χ1v) is 5.07. The predicted molar refractivity (Wildman–Crippen MR) is 56.2 cm³/mol. The van der Waals surface area contributed by atoms with Gasteiger partial charge in [-0.05, 0) is 50.4 Å². The van der Waals surface area contributed by atoms with Gasteiger partial charge in [-0.1, -0.05) is 6.07 Å². The van der Waals surface area contributed by atoms with E-state index in [2.05, 4.69) is 49.0 Å². The minimum absolute atomic E-state index is 0.924. The van der Waals surface area contributed by atoms with E-state index in [9.17, 15) is 0 Å². The molecule has 0 saturated carbocycles. The van der Waals surface area contributed by atoms with Crippen LogP contribution in [-0.4, -0.2) is 10.2 Å². The third-order valence-electron chi connectivity index (χ3n) is 1.81. The quantitative estimate of drug-likeness (QED) is 0.791. The molecule has 0 saturated heterocycles. The van der Waals surface area contributed by atoms with Crippen LogP contribution in [0.1, 0.15) is 5.56 Å². The van der Waals surface area contributed by atoms with Crippen LogP contribution < -0.4 is 0 Å². The summed E-state index contributed by atoms with van der Waals surface area (Å²) in [5.74, 6) is 0. The predicted octanol–water partition coefficient (Wildman–Crippen LogP) is 3.40. The zero-order valence-corrected chi connectivity index (χ0v) is 9.53. The van der Waals surface area contributed by atoms with Crippen molar-refractivity contribution in [3.63, 3.8) is 0 Å². The summed E-state index contributed by atoms with van der Waals surface area (Å²) in [7, 11) is 0. The SMILES string of the molecule is Cc1ccc2n[nH]c(Br)c2c1Br. The number of halogens is 2. The van der Waals surface area contributed by atoms with Crippen LogP contribution in [0.5, 0.6) is 0 Å². The van der Waals surface area contributed by atoms with Crippen molar-refractivity contribution in [1.82, 2.24) is 10.2 Å². The molecule has 4 heteroatoms. The largest absolute Gasteiger partial charge is 0.270 e. The third kappa shape index (κ3) is 1.10. The van der Waals surface area contributed by atoms with Gasteiger partial charge in [-0.2, -0.15) is 5.10 Å². The first-order valence-electron chi connectivity index (χ1n) is 3.49. The number of benzene rings is 1. The highest BCUT2D eigenvalue weighted by Gasteiger charge is 2.07. The monoisotopic (exact) mass is 288 g/mol.